The summed E-state index contributed by atoms with van der Waals surface area (Å²) in [7, 11) is 0. The van der Waals surface area contributed by atoms with Crippen molar-refractivity contribution < 1.29 is 0 Å². The smallest absolute Gasteiger partial charge is 0.154 e. The van der Waals surface area contributed by atoms with Gasteiger partial charge in [0.2, 0.25) is 0 Å². The fourth-order valence-electron chi connectivity index (χ4n) is 1.15. The van der Waals surface area contributed by atoms with Gasteiger partial charge in [-0.2, -0.15) is 5.10 Å². The zero-order valence-electron chi connectivity index (χ0n) is 7.93. The molecular formula is C9H12BrClN2. The van der Waals surface area contributed by atoms with Crippen molar-refractivity contribution >= 4 is 27.5 Å². The fourth-order valence-corrected chi connectivity index (χ4v) is 1.73. The van der Waals surface area contributed by atoms with Crippen molar-refractivity contribution in [2.75, 3.05) is 0 Å². The van der Waals surface area contributed by atoms with Crippen LogP contribution in [0.15, 0.2) is 0 Å². The topological polar surface area (TPSA) is 25.8 Å². The van der Waals surface area contributed by atoms with E-state index in [1.54, 1.807) is 0 Å². The van der Waals surface area contributed by atoms with Crippen molar-refractivity contribution in [1.29, 1.82) is 0 Å². The summed E-state index contributed by atoms with van der Waals surface area (Å²) >= 11 is 9.45. The van der Waals surface area contributed by atoms with Crippen LogP contribution in [0.4, 0.5) is 0 Å². The van der Waals surface area contributed by atoms with E-state index in [4.69, 9.17) is 11.6 Å². The molecule has 0 spiro atoms. The van der Waals surface area contributed by atoms with E-state index in [1.165, 1.54) is 0 Å². The zero-order valence-corrected chi connectivity index (χ0v) is 10.3. The number of hydrogen-bond acceptors (Lipinski definition) is 2. The number of aromatic nitrogens is 2. The molecule has 72 valence electrons. The number of halogens is 2. The third kappa shape index (κ3) is 2.64. The van der Waals surface area contributed by atoms with E-state index >= 15 is 0 Å². The van der Waals surface area contributed by atoms with Gasteiger partial charge in [-0.05, 0) is 31.4 Å². The van der Waals surface area contributed by atoms with Crippen LogP contribution in [-0.2, 0) is 6.42 Å². The van der Waals surface area contributed by atoms with Gasteiger partial charge in [-0.1, -0.05) is 34.5 Å². The molecule has 1 atom stereocenters. The second-order valence-electron chi connectivity index (χ2n) is 3.16. The molecule has 0 bridgehead atoms. The predicted octanol–water partition coefficient (Wildman–Crippen LogP) is 3.07. The molecule has 4 heteroatoms. The molecule has 0 aromatic carbocycles. The first-order valence-corrected chi connectivity index (χ1v) is 5.44. The Kier molecular flexibility index (Phi) is 3.68. The summed E-state index contributed by atoms with van der Waals surface area (Å²) in [6.45, 7) is 6.06. The van der Waals surface area contributed by atoms with Crippen LogP contribution in [0.2, 0.25) is 5.15 Å². The molecule has 0 aliphatic rings. The fraction of sp³-hybridized carbons (Fsp3) is 0.556. The highest BCUT2D eigenvalue weighted by Gasteiger charge is 2.10. The van der Waals surface area contributed by atoms with Gasteiger partial charge >= 0.3 is 0 Å². The molecule has 1 rings (SSSR count). The SMILES string of the molecule is Cc1nnc(Cl)c(CC(C)Br)c1C. The number of alkyl halides is 1. The van der Waals surface area contributed by atoms with E-state index in [1.807, 2.05) is 13.8 Å². The Bertz CT molecular complexity index is 313. The summed E-state index contributed by atoms with van der Waals surface area (Å²) < 4.78 is 0. The standard InChI is InChI=1S/C9H12BrClN2/c1-5(10)4-8-6(2)7(3)12-13-9(8)11/h5H,4H2,1-3H3. The van der Waals surface area contributed by atoms with Crippen molar-refractivity contribution in [3.63, 3.8) is 0 Å². The van der Waals surface area contributed by atoms with Crippen LogP contribution in [0.1, 0.15) is 23.7 Å². The minimum atomic E-state index is 0.410. The van der Waals surface area contributed by atoms with E-state index < -0.39 is 0 Å². The average molecular weight is 264 g/mol. The Labute approximate surface area is 91.8 Å². The van der Waals surface area contributed by atoms with Crippen LogP contribution in [0.3, 0.4) is 0 Å². The maximum absolute atomic E-state index is 5.95. The summed E-state index contributed by atoms with van der Waals surface area (Å²) in [6, 6.07) is 0. The second-order valence-corrected chi connectivity index (χ2v) is 5.09. The minimum absolute atomic E-state index is 0.410. The largest absolute Gasteiger partial charge is 0.155 e. The van der Waals surface area contributed by atoms with E-state index in [2.05, 4.69) is 33.1 Å². The molecule has 13 heavy (non-hydrogen) atoms. The Morgan fingerprint density at radius 3 is 2.54 bits per heavy atom. The molecule has 2 nitrogen and oxygen atoms in total. The monoisotopic (exact) mass is 262 g/mol. The molecule has 0 saturated heterocycles. The molecule has 0 radical (unpaired) electrons. The first kappa shape index (κ1) is 10.9. The summed E-state index contributed by atoms with van der Waals surface area (Å²) in [5, 5.41) is 8.36. The molecule has 0 saturated carbocycles. The minimum Gasteiger partial charge on any atom is -0.154 e. The number of rotatable bonds is 2. The Balaban J connectivity index is 3.10. The summed E-state index contributed by atoms with van der Waals surface area (Å²) in [5.74, 6) is 0. The van der Waals surface area contributed by atoms with Crippen LogP contribution in [-0.4, -0.2) is 15.0 Å². The highest BCUT2D eigenvalue weighted by molar-refractivity contribution is 9.09. The van der Waals surface area contributed by atoms with Crippen LogP contribution in [0, 0.1) is 13.8 Å². The van der Waals surface area contributed by atoms with Gasteiger partial charge in [0.25, 0.3) is 0 Å². The lowest BCUT2D eigenvalue weighted by Gasteiger charge is -2.09. The highest BCUT2D eigenvalue weighted by atomic mass is 79.9. The number of nitrogens with zero attached hydrogens (tertiary/aromatic N) is 2. The highest BCUT2D eigenvalue weighted by Crippen LogP contribution is 2.21. The molecule has 1 heterocycles. The maximum atomic E-state index is 5.95. The molecule has 0 aliphatic heterocycles. The van der Waals surface area contributed by atoms with E-state index in [0.29, 0.717) is 9.98 Å². The van der Waals surface area contributed by atoms with Crippen molar-refractivity contribution in [2.24, 2.45) is 0 Å². The Morgan fingerprint density at radius 2 is 2.00 bits per heavy atom. The van der Waals surface area contributed by atoms with E-state index in [-0.39, 0.29) is 0 Å². The van der Waals surface area contributed by atoms with Gasteiger partial charge in [0.15, 0.2) is 5.15 Å². The van der Waals surface area contributed by atoms with Crippen molar-refractivity contribution in [3.8, 4) is 0 Å². The first-order chi connectivity index (χ1) is 6.02. The van der Waals surface area contributed by atoms with Gasteiger partial charge in [0, 0.05) is 4.83 Å². The van der Waals surface area contributed by atoms with Gasteiger partial charge in [-0.3, -0.25) is 0 Å². The lowest BCUT2D eigenvalue weighted by atomic mass is 10.1. The quantitative estimate of drug-likeness (QED) is 0.767. The normalized spacial score (nSPS) is 13.0. The Hall–Kier alpha value is -0.150. The van der Waals surface area contributed by atoms with Crippen molar-refractivity contribution in [1.82, 2.24) is 10.2 Å². The van der Waals surface area contributed by atoms with E-state index in [0.717, 1.165) is 23.2 Å². The number of hydrogen-bond donors (Lipinski definition) is 0. The molecule has 0 N–H and O–H groups in total. The van der Waals surface area contributed by atoms with Crippen LogP contribution >= 0.6 is 27.5 Å². The molecule has 1 aromatic rings. The van der Waals surface area contributed by atoms with Gasteiger partial charge in [-0.25, -0.2) is 0 Å². The second kappa shape index (κ2) is 4.38. The maximum Gasteiger partial charge on any atom is 0.155 e. The third-order valence-electron chi connectivity index (χ3n) is 2.02. The van der Waals surface area contributed by atoms with Gasteiger partial charge in [0.1, 0.15) is 0 Å². The lowest BCUT2D eigenvalue weighted by Crippen LogP contribution is -2.04. The molecule has 1 aromatic heterocycles. The molecule has 0 amide bonds. The third-order valence-corrected chi connectivity index (χ3v) is 2.65. The van der Waals surface area contributed by atoms with Crippen LogP contribution in [0.5, 0.6) is 0 Å². The molecule has 1 unspecified atom stereocenters. The average Bonchev–Trinajstić information content (AvgIpc) is 2.05. The Morgan fingerprint density at radius 1 is 1.38 bits per heavy atom. The summed E-state index contributed by atoms with van der Waals surface area (Å²) in [6.07, 6.45) is 0.890. The van der Waals surface area contributed by atoms with Crippen molar-refractivity contribution in [3.05, 3.63) is 22.0 Å². The first-order valence-electron chi connectivity index (χ1n) is 4.14. The van der Waals surface area contributed by atoms with Gasteiger partial charge in [0.05, 0.1) is 5.69 Å². The lowest BCUT2D eigenvalue weighted by molar-refractivity contribution is 0.881. The summed E-state index contributed by atoms with van der Waals surface area (Å²) in [4.78, 5) is 0.410. The van der Waals surface area contributed by atoms with E-state index in [9.17, 15) is 0 Å². The predicted molar refractivity (Wildman–Crippen MR) is 58.6 cm³/mol. The van der Waals surface area contributed by atoms with Gasteiger partial charge in [-0.15, -0.1) is 5.10 Å². The van der Waals surface area contributed by atoms with Crippen LogP contribution < -0.4 is 0 Å². The van der Waals surface area contributed by atoms with Crippen molar-refractivity contribution in [2.45, 2.75) is 32.0 Å². The number of aryl methyl sites for hydroxylation is 1. The zero-order chi connectivity index (χ0) is 10.0. The molecule has 0 fully saturated rings. The summed E-state index contributed by atoms with van der Waals surface area (Å²) in [5.41, 5.74) is 3.19. The molecular weight excluding hydrogens is 251 g/mol. The van der Waals surface area contributed by atoms with Gasteiger partial charge < -0.3 is 0 Å². The molecule has 0 aliphatic carbocycles. The van der Waals surface area contributed by atoms with Crippen LogP contribution in [0.25, 0.3) is 0 Å².